The van der Waals surface area contributed by atoms with Gasteiger partial charge < -0.3 is 14.9 Å². The van der Waals surface area contributed by atoms with Crippen molar-refractivity contribution in [1.82, 2.24) is 0 Å². The first-order valence-corrected chi connectivity index (χ1v) is 6.85. The second-order valence-corrected chi connectivity index (χ2v) is 5.11. The molecule has 0 spiro atoms. The molecular weight excluding hydrogens is 278 g/mol. The number of aliphatic hydroxyl groups is 1. The van der Waals surface area contributed by atoms with Gasteiger partial charge in [-0.25, -0.2) is 4.79 Å². The zero-order valence-electron chi connectivity index (χ0n) is 11.4. The first-order chi connectivity index (χ1) is 9.99. The summed E-state index contributed by atoms with van der Waals surface area (Å²) in [5.41, 5.74) is -0.379. The second-order valence-electron chi connectivity index (χ2n) is 5.11. The molecule has 114 valence electrons. The molecule has 1 aromatic carbocycles. The number of rotatable bonds is 4. The summed E-state index contributed by atoms with van der Waals surface area (Å²) in [7, 11) is 0. The third-order valence-electron chi connectivity index (χ3n) is 3.60. The van der Waals surface area contributed by atoms with Crippen LogP contribution in [0.2, 0.25) is 0 Å². The maximum Gasteiger partial charge on any atom is 0.335 e. The highest BCUT2D eigenvalue weighted by molar-refractivity contribution is 5.88. The zero-order valence-corrected chi connectivity index (χ0v) is 11.4. The van der Waals surface area contributed by atoms with Crippen molar-refractivity contribution in [3.05, 3.63) is 33.9 Å². The highest BCUT2D eigenvalue weighted by Crippen LogP contribution is 2.31. The Morgan fingerprint density at radius 1 is 1.29 bits per heavy atom. The molecule has 0 amide bonds. The first kappa shape index (κ1) is 15.2. The SMILES string of the molecule is O=C(O)c1ccc([N+](=O)[O-])c(OC2CCCCCC2O)c1. The van der Waals surface area contributed by atoms with E-state index in [0.717, 1.165) is 37.5 Å². The van der Waals surface area contributed by atoms with Crippen molar-refractivity contribution in [3.63, 3.8) is 0 Å². The minimum Gasteiger partial charge on any atom is -0.481 e. The quantitative estimate of drug-likeness (QED) is 0.501. The largest absolute Gasteiger partial charge is 0.481 e. The van der Waals surface area contributed by atoms with Crippen LogP contribution in [0.25, 0.3) is 0 Å². The summed E-state index contributed by atoms with van der Waals surface area (Å²) >= 11 is 0. The average Bonchev–Trinajstić information content (AvgIpc) is 2.64. The number of carboxylic acids is 1. The highest BCUT2D eigenvalue weighted by atomic mass is 16.6. The molecule has 1 aliphatic rings. The van der Waals surface area contributed by atoms with Gasteiger partial charge in [0, 0.05) is 12.1 Å². The van der Waals surface area contributed by atoms with Crippen molar-refractivity contribution >= 4 is 11.7 Å². The number of hydrogen-bond donors (Lipinski definition) is 2. The number of carboxylic acid groups (broad SMARTS) is 1. The van der Waals surface area contributed by atoms with E-state index in [1.807, 2.05) is 0 Å². The summed E-state index contributed by atoms with van der Waals surface area (Å²) in [6.45, 7) is 0. The Balaban J connectivity index is 2.29. The fourth-order valence-corrected chi connectivity index (χ4v) is 2.45. The Morgan fingerprint density at radius 2 is 2.00 bits per heavy atom. The molecule has 0 bridgehead atoms. The van der Waals surface area contributed by atoms with Crippen LogP contribution < -0.4 is 4.74 Å². The molecule has 0 saturated heterocycles. The van der Waals surface area contributed by atoms with Gasteiger partial charge in [0.15, 0.2) is 5.75 Å². The van der Waals surface area contributed by atoms with E-state index >= 15 is 0 Å². The summed E-state index contributed by atoms with van der Waals surface area (Å²) in [4.78, 5) is 21.4. The van der Waals surface area contributed by atoms with Crippen molar-refractivity contribution in [2.24, 2.45) is 0 Å². The van der Waals surface area contributed by atoms with Gasteiger partial charge in [-0.3, -0.25) is 10.1 Å². The van der Waals surface area contributed by atoms with E-state index in [0.29, 0.717) is 12.8 Å². The lowest BCUT2D eigenvalue weighted by Gasteiger charge is -2.22. The summed E-state index contributed by atoms with van der Waals surface area (Å²) in [5, 5.41) is 30.0. The Bertz CT molecular complexity index is 544. The maximum atomic E-state index is 11.0. The lowest BCUT2D eigenvalue weighted by atomic mass is 10.1. The van der Waals surface area contributed by atoms with Crippen LogP contribution in [0, 0.1) is 10.1 Å². The van der Waals surface area contributed by atoms with Crippen molar-refractivity contribution in [3.8, 4) is 5.75 Å². The molecule has 1 aromatic rings. The fraction of sp³-hybridized carbons (Fsp3) is 0.500. The third kappa shape index (κ3) is 3.69. The normalized spacial score (nSPS) is 22.3. The van der Waals surface area contributed by atoms with E-state index < -0.39 is 23.1 Å². The van der Waals surface area contributed by atoms with Gasteiger partial charge in [0.2, 0.25) is 0 Å². The second kappa shape index (κ2) is 6.53. The summed E-state index contributed by atoms with van der Waals surface area (Å²) in [6, 6.07) is 3.41. The lowest BCUT2D eigenvalue weighted by molar-refractivity contribution is -0.386. The molecule has 2 rings (SSSR count). The molecular formula is C14H17NO6. The predicted octanol–water partition coefficient (Wildman–Crippen LogP) is 2.37. The van der Waals surface area contributed by atoms with Crippen LogP contribution in [0.15, 0.2) is 18.2 Å². The minimum absolute atomic E-state index is 0.0845. The van der Waals surface area contributed by atoms with E-state index in [4.69, 9.17) is 9.84 Å². The highest BCUT2D eigenvalue weighted by Gasteiger charge is 2.27. The Morgan fingerprint density at radius 3 is 2.67 bits per heavy atom. The molecule has 0 aliphatic heterocycles. The van der Waals surface area contributed by atoms with Gasteiger partial charge in [-0.1, -0.05) is 12.8 Å². The molecule has 21 heavy (non-hydrogen) atoms. The molecule has 7 nitrogen and oxygen atoms in total. The van der Waals surface area contributed by atoms with Crippen molar-refractivity contribution < 1.29 is 24.7 Å². The van der Waals surface area contributed by atoms with Crippen LogP contribution in [0.4, 0.5) is 5.69 Å². The van der Waals surface area contributed by atoms with Crippen LogP contribution in [-0.2, 0) is 0 Å². The number of benzene rings is 1. The Labute approximate surface area is 121 Å². The van der Waals surface area contributed by atoms with Gasteiger partial charge in [-0.05, 0) is 25.3 Å². The van der Waals surface area contributed by atoms with Gasteiger partial charge >= 0.3 is 11.7 Å². The number of nitro benzene ring substituents is 1. The molecule has 1 fully saturated rings. The van der Waals surface area contributed by atoms with E-state index in [-0.39, 0.29) is 17.0 Å². The number of nitrogens with zero attached hydrogens (tertiary/aromatic N) is 1. The topological polar surface area (TPSA) is 110 Å². The summed E-state index contributed by atoms with van der Waals surface area (Å²) in [6.07, 6.45) is 2.67. The smallest absolute Gasteiger partial charge is 0.335 e. The summed E-state index contributed by atoms with van der Waals surface area (Å²) in [5.74, 6) is -1.29. The van der Waals surface area contributed by atoms with E-state index in [9.17, 15) is 20.0 Å². The molecule has 1 aliphatic carbocycles. The molecule has 2 unspecified atom stereocenters. The molecule has 0 heterocycles. The Hall–Kier alpha value is -2.15. The molecule has 7 heteroatoms. The van der Waals surface area contributed by atoms with Crippen molar-refractivity contribution in [2.75, 3.05) is 0 Å². The van der Waals surface area contributed by atoms with E-state index in [1.165, 1.54) is 0 Å². The molecule has 2 atom stereocenters. The van der Waals surface area contributed by atoms with Gasteiger partial charge in [0.05, 0.1) is 16.6 Å². The van der Waals surface area contributed by atoms with E-state index in [2.05, 4.69) is 0 Å². The zero-order chi connectivity index (χ0) is 15.4. The number of hydrogen-bond acceptors (Lipinski definition) is 5. The molecule has 1 saturated carbocycles. The predicted molar refractivity (Wildman–Crippen MR) is 73.6 cm³/mol. The lowest BCUT2D eigenvalue weighted by Crippen LogP contribution is -2.30. The van der Waals surface area contributed by atoms with Crippen LogP contribution in [0.3, 0.4) is 0 Å². The maximum absolute atomic E-state index is 11.0. The summed E-state index contributed by atoms with van der Waals surface area (Å²) < 4.78 is 5.58. The van der Waals surface area contributed by atoms with Gasteiger partial charge in [0.25, 0.3) is 0 Å². The van der Waals surface area contributed by atoms with Crippen molar-refractivity contribution in [1.29, 1.82) is 0 Å². The number of nitro groups is 1. The van der Waals surface area contributed by atoms with Gasteiger partial charge in [-0.15, -0.1) is 0 Å². The number of aromatic carboxylic acids is 1. The van der Waals surface area contributed by atoms with Crippen LogP contribution in [0.1, 0.15) is 42.5 Å². The monoisotopic (exact) mass is 295 g/mol. The number of carbonyl (C=O) groups is 1. The fourth-order valence-electron chi connectivity index (χ4n) is 2.45. The van der Waals surface area contributed by atoms with Crippen LogP contribution >= 0.6 is 0 Å². The standard InChI is InChI=1S/C14H17NO6/c16-11-4-2-1-3-5-12(11)21-13-8-9(14(17)18)6-7-10(13)15(19)20/h6-8,11-12,16H,1-5H2,(H,17,18). The van der Waals surface area contributed by atoms with Crippen LogP contribution in [-0.4, -0.2) is 33.3 Å². The van der Waals surface area contributed by atoms with Gasteiger partial charge in [0.1, 0.15) is 6.10 Å². The first-order valence-electron chi connectivity index (χ1n) is 6.85. The van der Waals surface area contributed by atoms with E-state index in [1.54, 1.807) is 0 Å². The van der Waals surface area contributed by atoms with Gasteiger partial charge in [-0.2, -0.15) is 0 Å². The molecule has 0 radical (unpaired) electrons. The minimum atomic E-state index is -1.18. The number of ether oxygens (including phenoxy) is 1. The van der Waals surface area contributed by atoms with Crippen LogP contribution in [0.5, 0.6) is 5.75 Å². The van der Waals surface area contributed by atoms with Crippen molar-refractivity contribution in [2.45, 2.75) is 44.3 Å². The molecule has 2 N–H and O–H groups in total. The number of aliphatic hydroxyl groups excluding tert-OH is 1. The third-order valence-corrected chi connectivity index (χ3v) is 3.60. The average molecular weight is 295 g/mol. The Kier molecular flexibility index (Phi) is 4.74. The molecule has 0 aromatic heterocycles.